The lowest BCUT2D eigenvalue weighted by molar-refractivity contribution is 0.102. The summed E-state index contributed by atoms with van der Waals surface area (Å²) < 4.78 is 1.69. The number of anilines is 2. The highest BCUT2D eigenvalue weighted by Crippen LogP contribution is 2.36. The highest BCUT2D eigenvalue weighted by Gasteiger charge is 2.27. The molecule has 0 saturated heterocycles. The second-order valence-corrected chi connectivity index (χ2v) is 7.68. The summed E-state index contributed by atoms with van der Waals surface area (Å²) in [5.74, 6) is 0.836. The molecule has 0 atom stereocenters. The Balaban J connectivity index is 1.69. The average molecular weight is 354 g/mol. The first-order chi connectivity index (χ1) is 12.3. The SMILES string of the molecule is CC(C)(C)n1nc(C(=O)Nc2cc(C3CCC3)[nH]n2)c2c(N)ncnc21. The van der Waals surface area contributed by atoms with Gasteiger partial charge in [0.05, 0.1) is 10.9 Å². The molecule has 1 aliphatic rings. The molecule has 0 aromatic carbocycles. The van der Waals surface area contributed by atoms with Gasteiger partial charge in [0.15, 0.2) is 17.2 Å². The smallest absolute Gasteiger partial charge is 0.278 e. The molecule has 3 aromatic rings. The molecular weight excluding hydrogens is 332 g/mol. The van der Waals surface area contributed by atoms with Crippen molar-refractivity contribution in [2.45, 2.75) is 51.5 Å². The van der Waals surface area contributed by atoms with E-state index in [1.807, 2.05) is 26.8 Å². The van der Waals surface area contributed by atoms with Gasteiger partial charge in [-0.05, 0) is 33.6 Å². The largest absolute Gasteiger partial charge is 0.383 e. The zero-order chi connectivity index (χ0) is 18.5. The van der Waals surface area contributed by atoms with E-state index in [2.05, 4.69) is 30.6 Å². The number of hydrogen-bond donors (Lipinski definition) is 3. The Hall–Kier alpha value is -2.97. The molecule has 3 heterocycles. The van der Waals surface area contributed by atoms with Gasteiger partial charge >= 0.3 is 0 Å². The molecule has 9 heteroatoms. The third-order valence-corrected chi connectivity index (χ3v) is 4.73. The number of hydrogen-bond acceptors (Lipinski definition) is 6. The Morgan fingerprint density at radius 1 is 1.35 bits per heavy atom. The zero-order valence-electron chi connectivity index (χ0n) is 15.1. The minimum absolute atomic E-state index is 0.196. The molecule has 4 rings (SSSR count). The van der Waals surface area contributed by atoms with Crippen LogP contribution in [-0.4, -0.2) is 35.9 Å². The summed E-state index contributed by atoms with van der Waals surface area (Å²) in [6.45, 7) is 5.95. The molecule has 1 fully saturated rings. The fourth-order valence-electron chi connectivity index (χ4n) is 3.11. The molecule has 0 radical (unpaired) electrons. The fraction of sp³-hybridized carbons (Fsp3) is 0.471. The van der Waals surface area contributed by atoms with E-state index in [4.69, 9.17) is 5.73 Å². The Bertz CT molecular complexity index is 976. The van der Waals surface area contributed by atoms with Gasteiger partial charge in [0.2, 0.25) is 0 Å². The molecule has 0 aliphatic heterocycles. The molecule has 1 saturated carbocycles. The van der Waals surface area contributed by atoms with Gasteiger partial charge in [0, 0.05) is 17.7 Å². The van der Waals surface area contributed by atoms with Crippen LogP contribution >= 0.6 is 0 Å². The summed E-state index contributed by atoms with van der Waals surface area (Å²) in [6.07, 6.45) is 4.93. The van der Waals surface area contributed by atoms with Crippen molar-refractivity contribution in [2.75, 3.05) is 11.1 Å². The van der Waals surface area contributed by atoms with Crippen LogP contribution in [0.1, 0.15) is 62.1 Å². The predicted octanol–water partition coefficient (Wildman–Crippen LogP) is 2.41. The molecule has 0 spiro atoms. The number of amides is 1. The molecule has 3 aromatic heterocycles. The number of aromatic amines is 1. The van der Waals surface area contributed by atoms with Crippen LogP contribution in [0.4, 0.5) is 11.6 Å². The molecule has 4 N–H and O–H groups in total. The van der Waals surface area contributed by atoms with Crippen LogP contribution < -0.4 is 11.1 Å². The van der Waals surface area contributed by atoms with Crippen LogP contribution in [0.2, 0.25) is 0 Å². The standard InChI is InChI=1S/C17H22N8O/c1-17(2,3)25-15-12(14(18)19-8-20-15)13(24-25)16(26)21-11-7-10(22-23-11)9-5-4-6-9/h7-9H,4-6H2,1-3H3,(H2,18,19,20)(H2,21,22,23,26). The number of nitrogens with zero attached hydrogens (tertiary/aromatic N) is 5. The minimum Gasteiger partial charge on any atom is -0.383 e. The third kappa shape index (κ3) is 2.69. The van der Waals surface area contributed by atoms with Gasteiger partial charge < -0.3 is 11.1 Å². The summed E-state index contributed by atoms with van der Waals surface area (Å²) >= 11 is 0. The van der Waals surface area contributed by atoms with E-state index in [9.17, 15) is 4.79 Å². The number of carbonyl (C=O) groups is 1. The van der Waals surface area contributed by atoms with Crippen molar-refractivity contribution in [1.82, 2.24) is 29.9 Å². The Morgan fingerprint density at radius 3 is 2.77 bits per heavy atom. The van der Waals surface area contributed by atoms with E-state index in [0.717, 1.165) is 18.5 Å². The van der Waals surface area contributed by atoms with Gasteiger partial charge in [0.1, 0.15) is 12.1 Å². The first-order valence-electron chi connectivity index (χ1n) is 8.71. The van der Waals surface area contributed by atoms with Gasteiger partial charge in [-0.2, -0.15) is 10.2 Å². The molecule has 136 valence electrons. The summed E-state index contributed by atoms with van der Waals surface area (Å²) in [4.78, 5) is 21.1. The monoisotopic (exact) mass is 354 g/mol. The molecule has 0 bridgehead atoms. The van der Waals surface area contributed by atoms with E-state index in [1.165, 1.54) is 12.7 Å². The highest BCUT2D eigenvalue weighted by atomic mass is 16.2. The lowest BCUT2D eigenvalue weighted by atomic mass is 9.83. The van der Waals surface area contributed by atoms with Gasteiger partial charge in [-0.1, -0.05) is 6.42 Å². The van der Waals surface area contributed by atoms with Crippen LogP contribution in [0.3, 0.4) is 0 Å². The van der Waals surface area contributed by atoms with Crippen LogP contribution in [0.5, 0.6) is 0 Å². The van der Waals surface area contributed by atoms with Crippen molar-refractivity contribution in [3.63, 3.8) is 0 Å². The fourth-order valence-corrected chi connectivity index (χ4v) is 3.11. The number of aromatic nitrogens is 6. The van der Waals surface area contributed by atoms with Crippen molar-refractivity contribution >= 4 is 28.6 Å². The number of H-pyrrole nitrogens is 1. The number of fused-ring (bicyclic) bond motifs is 1. The van der Waals surface area contributed by atoms with Gasteiger partial charge in [-0.3, -0.25) is 9.89 Å². The average Bonchev–Trinajstić information content (AvgIpc) is 3.10. The van der Waals surface area contributed by atoms with Crippen LogP contribution in [0.15, 0.2) is 12.4 Å². The van der Waals surface area contributed by atoms with E-state index < -0.39 is 0 Å². The van der Waals surface area contributed by atoms with E-state index in [1.54, 1.807) is 4.68 Å². The summed E-state index contributed by atoms with van der Waals surface area (Å²) in [6, 6.07) is 1.88. The number of nitrogens with two attached hydrogens (primary N) is 1. The third-order valence-electron chi connectivity index (χ3n) is 4.73. The van der Waals surface area contributed by atoms with Gasteiger partial charge in [-0.15, -0.1) is 0 Å². The van der Waals surface area contributed by atoms with Crippen molar-refractivity contribution in [1.29, 1.82) is 0 Å². The number of nitrogen functional groups attached to an aromatic ring is 1. The van der Waals surface area contributed by atoms with Crippen LogP contribution in [-0.2, 0) is 5.54 Å². The summed E-state index contributed by atoms with van der Waals surface area (Å²) in [7, 11) is 0. The molecule has 1 amide bonds. The van der Waals surface area contributed by atoms with Crippen LogP contribution in [0, 0.1) is 0 Å². The highest BCUT2D eigenvalue weighted by molar-refractivity contribution is 6.12. The second kappa shape index (κ2) is 5.79. The molecule has 0 unspecified atom stereocenters. The van der Waals surface area contributed by atoms with Gasteiger partial charge in [0.25, 0.3) is 5.91 Å². The molecule has 1 aliphatic carbocycles. The van der Waals surface area contributed by atoms with Crippen molar-refractivity contribution in [2.24, 2.45) is 0 Å². The number of carbonyl (C=O) groups excluding carboxylic acids is 1. The number of rotatable bonds is 3. The van der Waals surface area contributed by atoms with E-state index >= 15 is 0 Å². The van der Waals surface area contributed by atoms with Crippen molar-refractivity contribution in [3.8, 4) is 0 Å². The first-order valence-corrected chi connectivity index (χ1v) is 8.71. The van der Waals surface area contributed by atoms with E-state index in [-0.39, 0.29) is 23.0 Å². The predicted molar refractivity (Wildman–Crippen MR) is 97.9 cm³/mol. The quantitative estimate of drug-likeness (QED) is 0.663. The zero-order valence-corrected chi connectivity index (χ0v) is 15.1. The molecule has 26 heavy (non-hydrogen) atoms. The summed E-state index contributed by atoms with van der Waals surface area (Å²) in [5, 5.41) is 14.9. The number of nitrogens with one attached hydrogen (secondary N) is 2. The maximum atomic E-state index is 12.8. The molecule has 9 nitrogen and oxygen atoms in total. The normalized spacial score (nSPS) is 15.2. The maximum absolute atomic E-state index is 12.8. The topological polar surface area (TPSA) is 127 Å². The first kappa shape index (κ1) is 16.5. The second-order valence-electron chi connectivity index (χ2n) is 7.68. The molecular formula is C17H22N8O. The lowest BCUT2D eigenvalue weighted by Crippen LogP contribution is -2.24. The Kier molecular flexibility index (Phi) is 3.67. The van der Waals surface area contributed by atoms with Crippen molar-refractivity contribution in [3.05, 3.63) is 23.8 Å². The Labute approximate surface area is 150 Å². The lowest BCUT2D eigenvalue weighted by Gasteiger charge is -2.23. The maximum Gasteiger partial charge on any atom is 0.278 e. The minimum atomic E-state index is -0.383. The van der Waals surface area contributed by atoms with Crippen molar-refractivity contribution < 1.29 is 4.79 Å². The Morgan fingerprint density at radius 2 is 2.12 bits per heavy atom. The van der Waals surface area contributed by atoms with Gasteiger partial charge in [-0.25, -0.2) is 14.6 Å². The summed E-state index contributed by atoms with van der Waals surface area (Å²) in [5.41, 5.74) is 7.43. The van der Waals surface area contributed by atoms with E-state index in [0.29, 0.717) is 22.8 Å². The van der Waals surface area contributed by atoms with Crippen LogP contribution in [0.25, 0.3) is 11.0 Å².